The molecule has 11 rings (SSSR count). The molecule has 0 unspecified atom stereocenters. The van der Waals surface area contributed by atoms with Crippen LogP contribution >= 0.6 is 0 Å². The van der Waals surface area contributed by atoms with Crippen LogP contribution in [0, 0.1) is 0 Å². The zero-order valence-corrected chi connectivity index (χ0v) is 30.8. The number of nitrogens with zero attached hydrogens (tertiary/aromatic N) is 5. The van der Waals surface area contributed by atoms with E-state index >= 15 is 0 Å². The first-order valence-corrected chi connectivity index (χ1v) is 19.1. The highest BCUT2D eigenvalue weighted by Crippen LogP contribution is 2.40. The summed E-state index contributed by atoms with van der Waals surface area (Å²) in [5.41, 5.74) is 11.7. The number of anilines is 3. The Balaban J connectivity index is 1.00. The Morgan fingerprint density at radius 3 is 1.35 bits per heavy atom. The van der Waals surface area contributed by atoms with E-state index < -0.39 is 0 Å². The van der Waals surface area contributed by atoms with Crippen LogP contribution in [-0.2, 0) is 0 Å². The second-order valence-electron chi connectivity index (χ2n) is 14.4. The van der Waals surface area contributed by atoms with Gasteiger partial charge in [0.15, 0.2) is 0 Å². The van der Waals surface area contributed by atoms with Gasteiger partial charge in [0.2, 0.25) is 0 Å². The van der Waals surface area contributed by atoms with Gasteiger partial charge in [-0.2, -0.15) is 20.4 Å². The van der Waals surface area contributed by atoms with Gasteiger partial charge in [-0.15, -0.1) is 0 Å². The highest BCUT2D eigenvalue weighted by molar-refractivity contribution is 6.10. The monoisotopic (exact) mass is 727 g/mol. The van der Waals surface area contributed by atoms with Gasteiger partial charge >= 0.3 is 0 Å². The molecule has 5 nitrogen and oxygen atoms in total. The molecule has 0 atom stereocenters. The quantitative estimate of drug-likeness (QED) is 0.160. The van der Waals surface area contributed by atoms with Crippen LogP contribution in [0.25, 0.3) is 87.5 Å². The molecule has 2 aromatic heterocycles. The van der Waals surface area contributed by atoms with Crippen molar-refractivity contribution in [2.75, 3.05) is 4.90 Å². The van der Waals surface area contributed by atoms with E-state index in [1.54, 1.807) is 0 Å². The van der Waals surface area contributed by atoms with Crippen molar-refractivity contribution in [2.24, 2.45) is 0 Å². The fraction of sp³-hybridized carbons (Fsp3) is 0. The van der Waals surface area contributed by atoms with Gasteiger partial charge in [-0.25, -0.2) is 0 Å². The molecule has 0 aliphatic rings. The summed E-state index contributed by atoms with van der Waals surface area (Å²) in [7, 11) is 0. The van der Waals surface area contributed by atoms with E-state index in [1.807, 2.05) is 48.8 Å². The minimum absolute atomic E-state index is 0.881. The summed E-state index contributed by atoms with van der Waals surface area (Å²) in [6.45, 7) is 0. The predicted molar refractivity (Wildman–Crippen MR) is 236 cm³/mol. The smallest absolute Gasteiger partial charge is 0.0935 e. The van der Waals surface area contributed by atoms with Gasteiger partial charge in [-0.05, 0) is 115 Å². The maximum atomic E-state index is 4.34. The van der Waals surface area contributed by atoms with Gasteiger partial charge in [0.05, 0.1) is 23.4 Å². The van der Waals surface area contributed by atoms with Crippen molar-refractivity contribution in [3.63, 3.8) is 0 Å². The Hall–Kier alpha value is -7.76. The Bertz CT molecular complexity index is 3170. The second-order valence-corrected chi connectivity index (χ2v) is 14.4. The number of hydrogen-bond acceptors (Lipinski definition) is 5. The van der Waals surface area contributed by atoms with Crippen LogP contribution in [-0.4, -0.2) is 20.4 Å². The molecule has 0 N–H and O–H groups in total. The van der Waals surface area contributed by atoms with Crippen molar-refractivity contribution in [1.29, 1.82) is 0 Å². The average Bonchev–Trinajstić information content (AvgIpc) is 3.29. The number of hydrogen-bond donors (Lipinski definition) is 0. The molecule has 5 heteroatoms. The second kappa shape index (κ2) is 13.5. The molecule has 2 heterocycles. The van der Waals surface area contributed by atoms with Crippen LogP contribution in [0.15, 0.2) is 200 Å². The molecule has 0 bridgehead atoms. The molecule has 0 saturated carbocycles. The molecule has 266 valence electrons. The fourth-order valence-corrected chi connectivity index (χ4v) is 8.25. The molecule has 0 aliphatic carbocycles. The topological polar surface area (TPSA) is 54.8 Å². The first-order chi connectivity index (χ1) is 28.2. The summed E-state index contributed by atoms with van der Waals surface area (Å²) in [6.07, 6.45) is 3.70. The van der Waals surface area contributed by atoms with E-state index in [4.69, 9.17) is 0 Å². The zero-order valence-electron chi connectivity index (χ0n) is 30.8. The van der Waals surface area contributed by atoms with Crippen LogP contribution in [0.5, 0.6) is 0 Å². The lowest BCUT2D eigenvalue weighted by Crippen LogP contribution is -2.10. The maximum Gasteiger partial charge on any atom is 0.0935 e. The first kappa shape index (κ1) is 32.7. The Morgan fingerprint density at radius 1 is 0.298 bits per heavy atom. The minimum Gasteiger partial charge on any atom is -0.310 e. The molecule has 9 aromatic carbocycles. The Labute approximate surface area is 329 Å². The molecule has 0 aliphatic heterocycles. The van der Waals surface area contributed by atoms with E-state index in [9.17, 15) is 0 Å². The molecule has 0 saturated heterocycles. The lowest BCUT2D eigenvalue weighted by atomic mass is 9.96. The SMILES string of the molecule is c1ccc2cc(-c3ccc4c(ccc5cc(N(c6ccc(-c7cnnc8ccccc78)cc6)c6ccc(-c7cnnc8ccccc78)cc6)ccc54)c3)ccc2c1. The van der Waals surface area contributed by atoms with Crippen molar-refractivity contribution in [3.05, 3.63) is 200 Å². The van der Waals surface area contributed by atoms with E-state index in [0.29, 0.717) is 0 Å². The molecular formula is C52H33N5. The fourth-order valence-electron chi connectivity index (χ4n) is 8.25. The predicted octanol–water partition coefficient (Wildman–Crippen LogP) is 13.5. The van der Waals surface area contributed by atoms with Crippen molar-refractivity contribution >= 4 is 71.2 Å². The van der Waals surface area contributed by atoms with Gasteiger partial charge in [-0.1, -0.05) is 127 Å². The van der Waals surface area contributed by atoms with Crippen LogP contribution in [0.1, 0.15) is 0 Å². The minimum atomic E-state index is 0.881. The highest BCUT2D eigenvalue weighted by atomic mass is 15.1. The normalized spacial score (nSPS) is 11.5. The summed E-state index contributed by atoms with van der Waals surface area (Å²) in [4.78, 5) is 2.33. The molecule has 11 aromatic rings. The maximum absolute atomic E-state index is 4.34. The lowest BCUT2D eigenvalue weighted by Gasteiger charge is -2.26. The van der Waals surface area contributed by atoms with Crippen LogP contribution < -0.4 is 4.90 Å². The zero-order chi connectivity index (χ0) is 37.7. The number of rotatable bonds is 6. The van der Waals surface area contributed by atoms with E-state index in [0.717, 1.165) is 61.1 Å². The Kier molecular flexibility index (Phi) is 7.74. The highest BCUT2D eigenvalue weighted by Gasteiger charge is 2.16. The molecule has 57 heavy (non-hydrogen) atoms. The number of aromatic nitrogens is 4. The Morgan fingerprint density at radius 2 is 0.737 bits per heavy atom. The largest absolute Gasteiger partial charge is 0.310 e. The first-order valence-electron chi connectivity index (χ1n) is 19.1. The summed E-state index contributed by atoms with van der Waals surface area (Å²) in [6, 6.07) is 67.1. The summed E-state index contributed by atoms with van der Waals surface area (Å²) in [5.74, 6) is 0. The molecular weight excluding hydrogens is 695 g/mol. The standard InChI is InChI=1S/C52H33N5/c1-2-8-37-29-38(14-13-34(37)7-1)39-21-27-45-40(30-39)15-16-41-31-44(26-28-46(41)45)57(42-22-17-35(18-23-42)49-32-53-55-51-11-5-3-9-47(49)51)43-24-19-36(20-25-43)50-33-54-56-52-12-6-4-10-48(50)52/h1-33H. The van der Waals surface area contributed by atoms with E-state index in [2.05, 4.69) is 177 Å². The van der Waals surface area contributed by atoms with Gasteiger partial charge in [0.25, 0.3) is 0 Å². The van der Waals surface area contributed by atoms with Gasteiger partial charge in [0, 0.05) is 39.0 Å². The molecule has 0 radical (unpaired) electrons. The third-order valence-electron chi connectivity index (χ3n) is 11.1. The summed E-state index contributed by atoms with van der Waals surface area (Å²) >= 11 is 0. The van der Waals surface area contributed by atoms with E-state index in [1.165, 1.54) is 43.4 Å². The lowest BCUT2D eigenvalue weighted by molar-refractivity contribution is 1.08. The third-order valence-corrected chi connectivity index (χ3v) is 11.1. The summed E-state index contributed by atoms with van der Waals surface area (Å²) < 4.78 is 0. The average molecular weight is 728 g/mol. The molecule has 0 spiro atoms. The number of fused-ring (bicyclic) bond motifs is 6. The third kappa shape index (κ3) is 5.81. The van der Waals surface area contributed by atoms with Crippen molar-refractivity contribution < 1.29 is 0 Å². The van der Waals surface area contributed by atoms with Crippen LogP contribution in [0.4, 0.5) is 17.1 Å². The van der Waals surface area contributed by atoms with Crippen molar-refractivity contribution in [2.45, 2.75) is 0 Å². The van der Waals surface area contributed by atoms with Crippen LogP contribution in [0.3, 0.4) is 0 Å². The molecule has 0 fully saturated rings. The van der Waals surface area contributed by atoms with E-state index in [-0.39, 0.29) is 0 Å². The van der Waals surface area contributed by atoms with Crippen LogP contribution in [0.2, 0.25) is 0 Å². The van der Waals surface area contributed by atoms with Crippen molar-refractivity contribution in [3.8, 4) is 33.4 Å². The summed E-state index contributed by atoms with van der Waals surface area (Å²) in [5, 5.41) is 26.8. The number of benzene rings is 9. The van der Waals surface area contributed by atoms with Gasteiger partial charge in [-0.3, -0.25) is 0 Å². The van der Waals surface area contributed by atoms with Crippen molar-refractivity contribution in [1.82, 2.24) is 20.4 Å². The molecule has 0 amide bonds. The van der Waals surface area contributed by atoms with Gasteiger partial charge in [0.1, 0.15) is 0 Å². The van der Waals surface area contributed by atoms with Gasteiger partial charge < -0.3 is 4.90 Å².